The molecule has 1 saturated heterocycles. The molecule has 0 aliphatic carbocycles. The molecule has 0 bridgehead atoms. The van der Waals surface area contributed by atoms with Gasteiger partial charge in [0.15, 0.2) is 0 Å². The van der Waals surface area contributed by atoms with Crippen LogP contribution in [0.3, 0.4) is 0 Å². The predicted octanol–water partition coefficient (Wildman–Crippen LogP) is 3.46. The molecule has 2 amide bonds. The Balaban J connectivity index is 1.87. The van der Waals surface area contributed by atoms with Crippen LogP contribution in [0.25, 0.3) is 0 Å². The van der Waals surface area contributed by atoms with Crippen LogP contribution >= 0.6 is 0 Å². The summed E-state index contributed by atoms with van der Waals surface area (Å²) in [5.41, 5.74) is 1.09. The first kappa shape index (κ1) is 22.7. The summed E-state index contributed by atoms with van der Waals surface area (Å²) >= 11 is 0. The number of rotatable bonds is 6. The van der Waals surface area contributed by atoms with Crippen molar-refractivity contribution in [2.24, 2.45) is 5.92 Å². The zero-order chi connectivity index (χ0) is 21.4. The molecule has 0 radical (unpaired) electrons. The van der Waals surface area contributed by atoms with Crippen LogP contribution in [-0.4, -0.2) is 41.4 Å². The summed E-state index contributed by atoms with van der Waals surface area (Å²) in [6.45, 7) is 10.8. The average Bonchev–Trinajstić information content (AvgIpc) is 2.90. The number of carbonyl (C=O) groups is 3. The lowest BCUT2D eigenvalue weighted by Crippen LogP contribution is -2.32. The molecular weight excluding hydrogens is 368 g/mol. The van der Waals surface area contributed by atoms with E-state index in [1.165, 1.54) is 6.08 Å². The third-order valence-corrected chi connectivity index (χ3v) is 4.86. The summed E-state index contributed by atoms with van der Waals surface area (Å²) in [7, 11) is 0. The van der Waals surface area contributed by atoms with Gasteiger partial charge in [-0.2, -0.15) is 0 Å². The second kappa shape index (κ2) is 10.2. The summed E-state index contributed by atoms with van der Waals surface area (Å²) in [5, 5.41) is 2.71. The number of esters is 1. The van der Waals surface area contributed by atoms with E-state index in [4.69, 9.17) is 4.74 Å². The molecule has 1 aliphatic rings. The molecule has 1 atom stereocenters. The van der Waals surface area contributed by atoms with Crippen LogP contribution in [0, 0.1) is 5.92 Å². The van der Waals surface area contributed by atoms with E-state index in [0.717, 1.165) is 24.8 Å². The van der Waals surface area contributed by atoms with Gasteiger partial charge in [0.2, 0.25) is 5.91 Å². The van der Waals surface area contributed by atoms with E-state index in [2.05, 4.69) is 11.9 Å². The topological polar surface area (TPSA) is 75.7 Å². The van der Waals surface area contributed by atoms with E-state index in [1.807, 2.05) is 37.8 Å². The van der Waals surface area contributed by atoms with Gasteiger partial charge in [0.25, 0.3) is 5.91 Å². The lowest BCUT2D eigenvalue weighted by atomic mass is 9.97. The van der Waals surface area contributed by atoms with Gasteiger partial charge >= 0.3 is 5.97 Å². The van der Waals surface area contributed by atoms with Crippen LogP contribution in [0.2, 0.25) is 0 Å². The van der Waals surface area contributed by atoms with Crippen molar-refractivity contribution in [2.45, 2.75) is 58.6 Å². The van der Waals surface area contributed by atoms with Crippen LogP contribution in [-0.2, 0) is 20.9 Å². The number of likely N-dealkylation sites (tertiary alicyclic amines) is 1. The quantitative estimate of drug-likeness (QED) is 0.586. The number of nitrogens with zero attached hydrogens (tertiary/aromatic N) is 1. The van der Waals surface area contributed by atoms with Crippen LogP contribution in [0.1, 0.15) is 62.4 Å². The smallest absolute Gasteiger partial charge is 0.306 e. The minimum atomic E-state index is -0.468. The highest BCUT2D eigenvalue weighted by atomic mass is 16.6. The fourth-order valence-corrected chi connectivity index (χ4v) is 3.40. The largest absolute Gasteiger partial charge is 0.460 e. The van der Waals surface area contributed by atoms with Gasteiger partial charge in [-0.05, 0) is 69.7 Å². The van der Waals surface area contributed by atoms with Gasteiger partial charge in [-0.15, -0.1) is 0 Å². The normalized spacial score (nSPS) is 17.2. The highest BCUT2D eigenvalue weighted by Crippen LogP contribution is 2.23. The van der Waals surface area contributed by atoms with E-state index in [9.17, 15) is 14.4 Å². The van der Waals surface area contributed by atoms with Crippen molar-refractivity contribution in [1.82, 2.24) is 10.2 Å². The lowest BCUT2D eigenvalue weighted by Gasteiger charge is -2.22. The third-order valence-electron chi connectivity index (χ3n) is 4.86. The number of hydrogen-bond acceptors (Lipinski definition) is 4. The molecule has 0 aromatic heterocycles. The molecule has 1 unspecified atom stereocenters. The number of amides is 2. The molecule has 1 fully saturated rings. The molecular formula is C23H32N2O4. The zero-order valence-corrected chi connectivity index (χ0v) is 17.7. The summed E-state index contributed by atoms with van der Waals surface area (Å²) in [5.74, 6) is -0.139. The van der Waals surface area contributed by atoms with E-state index >= 15 is 0 Å². The molecule has 1 N–H and O–H groups in total. The Labute approximate surface area is 173 Å². The van der Waals surface area contributed by atoms with Gasteiger partial charge in [0.1, 0.15) is 5.60 Å². The second-order valence-electron chi connectivity index (χ2n) is 8.50. The summed E-state index contributed by atoms with van der Waals surface area (Å²) < 4.78 is 5.43. The van der Waals surface area contributed by atoms with Crippen LogP contribution in [0.15, 0.2) is 36.9 Å². The molecule has 1 heterocycles. The third kappa shape index (κ3) is 7.72. The standard InChI is InChI=1S/C23H32N2O4/c1-5-20(26)24-16-18-8-10-19(11-9-18)22(28)25-13-6-7-17(12-14-25)15-21(27)29-23(2,3)4/h5,8-11,17H,1,6-7,12-16H2,2-4H3,(H,24,26). The monoisotopic (exact) mass is 400 g/mol. The Bertz CT molecular complexity index is 734. The second-order valence-corrected chi connectivity index (χ2v) is 8.50. The highest BCUT2D eigenvalue weighted by Gasteiger charge is 2.25. The van der Waals surface area contributed by atoms with Gasteiger partial charge in [0, 0.05) is 31.6 Å². The molecule has 6 heteroatoms. The summed E-state index contributed by atoms with van der Waals surface area (Å²) in [6, 6.07) is 7.28. The van der Waals surface area contributed by atoms with Gasteiger partial charge in [-0.1, -0.05) is 18.7 Å². The molecule has 0 spiro atoms. The molecule has 6 nitrogen and oxygen atoms in total. The first-order valence-electron chi connectivity index (χ1n) is 10.2. The number of nitrogens with one attached hydrogen (secondary N) is 1. The predicted molar refractivity (Wildman–Crippen MR) is 112 cm³/mol. The van der Waals surface area contributed by atoms with Crippen molar-refractivity contribution in [3.05, 3.63) is 48.0 Å². The number of hydrogen-bond donors (Lipinski definition) is 1. The average molecular weight is 401 g/mol. The number of carbonyl (C=O) groups excluding carboxylic acids is 3. The van der Waals surface area contributed by atoms with Crippen molar-refractivity contribution < 1.29 is 19.1 Å². The first-order chi connectivity index (χ1) is 13.7. The molecule has 158 valence electrons. The van der Waals surface area contributed by atoms with E-state index in [-0.39, 0.29) is 23.7 Å². The van der Waals surface area contributed by atoms with Crippen LogP contribution < -0.4 is 5.32 Å². The van der Waals surface area contributed by atoms with Crippen molar-refractivity contribution in [1.29, 1.82) is 0 Å². The van der Waals surface area contributed by atoms with Gasteiger partial charge in [0.05, 0.1) is 0 Å². The lowest BCUT2D eigenvalue weighted by molar-refractivity contribution is -0.156. The van der Waals surface area contributed by atoms with E-state index in [1.54, 1.807) is 12.1 Å². The molecule has 0 saturated carbocycles. The molecule has 1 aromatic rings. The molecule has 1 aliphatic heterocycles. The Kier molecular flexibility index (Phi) is 8.00. The first-order valence-corrected chi connectivity index (χ1v) is 10.2. The number of ether oxygens (including phenoxy) is 1. The fourth-order valence-electron chi connectivity index (χ4n) is 3.40. The molecule has 29 heavy (non-hydrogen) atoms. The van der Waals surface area contributed by atoms with Gasteiger partial charge in [-0.3, -0.25) is 14.4 Å². The van der Waals surface area contributed by atoms with Crippen molar-refractivity contribution in [3.63, 3.8) is 0 Å². The molecule has 2 rings (SSSR count). The fraction of sp³-hybridized carbons (Fsp3) is 0.522. The maximum atomic E-state index is 12.8. The van der Waals surface area contributed by atoms with Crippen LogP contribution in [0.5, 0.6) is 0 Å². The molecule has 1 aromatic carbocycles. The maximum Gasteiger partial charge on any atom is 0.306 e. The van der Waals surface area contributed by atoms with Crippen molar-refractivity contribution >= 4 is 17.8 Å². The van der Waals surface area contributed by atoms with Gasteiger partial charge < -0.3 is 15.0 Å². The number of benzene rings is 1. The van der Waals surface area contributed by atoms with E-state index < -0.39 is 5.60 Å². The van der Waals surface area contributed by atoms with Crippen molar-refractivity contribution in [2.75, 3.05) is 13.1 Å². The zero-order valence-electron chi connectivity index (χ0n) is 17.7. The Morgan fingerprint density at radius 1 is 1.17 bits per heavy atom. The maximum absolute atomic E-state index is 12.8. The highest BCUT2D eigenvalue weighted by molar-refractivity contribution is 5.94. The summed E-state index contributed by atoms with van der Waals surface area (Å²) in [6.07, 6.45) is 4.24. The van der Waals surface area contributed by atoms with Crippen molar-refractivity contribution in [3.8, 4) is 0 Å². The van der Waals surface area contributed by atoms with Gasteiger partial charge in [-0.25, -0.2) is 0 Å². The van der Waals surface area contributed by atoms with Crippen LogP contribution in [0.4, 0.5) is 0 Å². The van der Waals surface area contributed by atoms with E-state index in [0.29, 0.717) is 31.6 Å². The minimum Gasteiger partial charge on any atom is -0.460 e. The summed E-state index contributed by atoms with van der Waals surface area (Å²) in [4.78, 5) is 38.0. The Morgan fingerprint density at radius 2 is 1.86 bits per heavy atom. The Hall–Kier alpha value is -2.63. The Morgan fingerprint density at radius 3 is 2.48 bits per heavy atom. The SMILES string of the molecule is C=CC(=O)NCc1ccc(C(=O)N2CCCC(CC(=O)OC(C)(C)C)CC2)cc1. The minimum absolute atomic E-state index is 0.00425.